The average molecular weight is 333 g/mol. The number of pyridine rings is 1. The first kappa shape index (κ1) is 15.3. The Labute approximate surface area is 144 Å². The van der Waals surface area contributed by atoms with E-state index in [1.807, 2.05) is 37.3 Å². The largest absolute Gasteiger partial charge is 0.360 e. The van der Waals surface area contributed by atoms with Crippen LogP contribution in [0.15, 0.2) is 66.9 Å². The molecule has 1 atom stereocenters. The Hall–Kier alpha value is -3.21. The van der Waals surface area contributed by atoms with E-state index in [-0.39, 0.29) is 11.7 Å². The van der Waals surface area contributed by atoms with E-state index in [0.29, 0.717) is 11.3 Å². The van der Waals surface area contributed by atoms with Gasteiger partial charge in [-0.3, -0.25) is 14.7 Å². The Balaban J connectivity index is 1.80. The van der Waals surface area contributed by atoms with Gasteiger partial charge in [0.25, 0.3) is 5.91 Å². The van der Waals surface area contributed by atoms with E-state index < -0.39 is 6.17 Å². The number of benzene rings is 2. The number of fused-ring (bicyclic) bond motifs is 1. The number of carbonyl (C=O) groups excluding carboxylic acids is 1. The Bertz CT molecular complexity index is 943. The molecule has 25 heavy (non-hydrogen) atoms. The van der Waals surface area contributed by atoms with Crippen LogP contribution < -0.4 is 10.2 Å². The molecule has 4 rings (SSSR count). The number of nitrogens with one attached hydrogen (secondary N) is 1. The van der Waals surface area contributed by atoms with Crippen molar-refractivity contribution in [1.29, 1.82) is 0 Å². The van der Waals surface area contributed by atoms with Crippen LogP contribution in [0, 0.1) is 12.7 Å². The lowest BCUT2D eigenvalue weighted by Gasteiger charge is -2.27. The van der Waals surface area contributed by atoms with Crippen LogP contribution in [0.25, 0.3) is 0 Å². The van der Waals surface area contributed by atoms with Gasteiger partial charge in [-0.2, -0.15) is 0 Å². The topological polar surface area (TPSA) is 45.2 Å². The number of aromatic nitrogens is 1. The van der Waals surface area contributed by atoms with Crippen molar-refractivity contribution in [3.05, 3.63) is 89.5 Å². The summed E-state index contributed by atoms with van der Waals surface area (Å²) < 4.78 is 13.4. The van der Waals surface area contributed by atoms with E-state index in [1.54, 1.807) is 29.3 Å². The fourth-order valence-corrected chi connectivity index (χ4v) is 3.11. The first-order valence-electron chi connectivity index (χ1n) is 8.01. The minimum absolute atomic E-state index is 0.105. The maximum absolute atomic E-state index is 13.4. The van der Waals surface area contributed by atoms with Gasteiger partial charge in [0, 0.05) is 17.6 Å². The molecule has 1 aromatic heterocycles. The standard InChI is InChI=1S/C20H16FN3O/c1-13-12-14(21)9-10-17(13)23-19-18-16(8-5-11-22-18)20(25)24(19)15-6-3-2-4-7-15/h2-12,19,23H,1H3/t19-/m0/s1. The smallest absolute Gasteiger partial charge is 0.262 e. The molecule has 0 saturated carbocycles. The number of rotatable bonds is 3. The number of nitrogens with zero attached hydrogens (tertiary/aromatic N) is 2. The monoisotopic (exact) mass is 333 g/mol. The molecule has 1 amide bonds. The molecule has 1 aliphatic heterocycles. The van der Waals surface area contributed by atoms with Gasteiger partial charge in [-0.15, -0.1) is 0 Å². The second kappa shape index (κ2) is 6.02. The average Bonchev–Trinajstić information content (AvgIpc) is 2.91. The van der Waals surface area contributed by atoms with Crippen LogP contribution in [0.4, 0.5) is 15.8 Å². The van der Waals surface area contributed by atoms with Crippen molar-refractivity contribution < 1.29 is 9.18 Å². The summed E-state index contributed by atoms with van der Waals surface area (Å²) in [7, 11) is 0. The lowest BCUT2D eigenvalue weighted by molar-refractivity contribution is 0.0993. The second-order valence-corrected chi connectivity index (χ2v) is 5.95. The molecule has 2 aromatic carbocycles. The molecule has 0 saturated heterocycles. The number of carbonyl (C=O) groups is 1. The summed E-state index contributed by atoms with van der Waals surface area (Å²) in [5.41, 5.74) is 3.55. The molecule has 0 fully saturated rings. The highest BCUT2D eigenvalue weighted by molar-refractivity contribution is 6.11. The van der Waals surface area contributed by atoms with Gasteiger partial charge in [0.1, 0.15) is 5.82 Å². The molecule has 124 valence electrons. The summed E-state index contributed by atoms with van der Waals surface area (Å²) in [6.45, 7) is 1.83. The second-order valence-electron chi connectivity index (χ2n) is 5.95. The predicted octanol–water partition coefficient (Wildman–Crippen LogP) is 4.30. The number of halogens is 1. The lowest BCUT2D eigenvalue weighted by atomic mass is 10.1. The summed E-state index contributed by atoms with van der Waals surface area (Å²) in [4.78, 5) is 19.0. The van der Waals surface area contributed by atoms with Crippen molar-refractivity contribution in [3.8, 4) is 0 Å². The molecule has 5 heteroatoms. The van der Waals surface area contributed by atoms with Gasteiger partial charge in [0.05, 0.1) is 11.3 Å². The highest BCUT2D eigenvalue weighted by atomic mass is 19.1. The zero-order chi connectivity index (χ0) is 17.4. The summed E-state index contributed by atoms with van der Waals surface area (Å²) in [6.07, 6.45) is 1.22. The van der Waals surface area contributed by atoms with Gasteiger partial charge >= 0.3 is 0 Å². The van der Waals surface area contributed by atoms with Crippen LogP contribution in [0.1, 0.15) is 27.8 Å². The number of aryl methyl sites for hydroxylation is 1. The molecule has 0 aliphatic carbocycles. The van der Waals surface area contributed by atoms with Gasteiger partial charge < -0.3 is 5.32 Å². The van der Waals surface area contributed by atoms with Crippen molar-refractivity contribution in [2.24, 2.45) is 0 Å². The number of anilines is 2. The van der Waals surface area contributed by atoms with Crippen molar-refractivity contribution >= 4 is 17.3 Å². The molecule has 4 nitrogen and oxygen atoms in total. The highest BCUT2D eigenvalue weighted by Crippen LogP contribution is 2.37. The molecule has 3 aromatic rings. The maximum Gasteiger partial charge on any atom is 0.262 e. The zero-order valence-corrected chi connectivity index (χ0v) is 13.6. The Morgan fingerprint density at radius 1 is 1.08 bits per heavy atom. The molecule has 0 bridgehead atoms. The number of para-hydroxylation sites is 1. The minimum Gasteiger partial charge on any atom is -0.360 e. The zero-order valence-electron chi connectivity index (χ0n) is 13.6. The van der Waals surface area contributed by atoms with Crippen LogP contribution in [-0.2, 0) is 0 Å². The van der Waals surface area contributed by atoms with E-state index in [1.165, 1.54) is 12.1 Å². The molecule has 0 radical (unpaired) electrons. The fraction of sp³-hybridized carbons (Fsp3) is 0.100. The quantitative estimate of drug-likeness (QED) is 0.777. The third-order valence-electron chi connectivity index (χ3n) is 4.32. The van der Waals surface area contributed by atoms with E-state index in [0.717, 1.165) is 16.9 Å². The normalized spacial score (nSPS) is 16.0. The molecule has 0 spiro atoms. The highest BCUT2D eigenvalue weighted by Gasteiger charge is 2.39. The summed E-state index contributed by atoms with van der Waals surface area (Å²) >= 11 is 0. The fourth-order valence-electron chi connectivity index (χ4n) is 3.11. The Kier molecular flexibility index (Phi) is 3.69. The van der Waals surface area contributed by atoms with E-state index >= 15 is 0 Å². The third kappa shape index (κ3) is 2.63. The number of hydrogen-bond acceptors (Lipinski definition) is 3. The van der Waals surface area contributed by atoms with E-state index in [2.05, 4.69) is 10.3 Å². The van der Waals surface area contributed by atoms with E-state index in [4.69, 9.17) is 0 Å². The van der Waals surface area contributed by atoms with Gasteiger partial charge in [-0.1, -0.05) is 18.2 Å². The van der Waals surface area contributed by atoms with Crippen LogP contribution in [0.2, 0.25) is 0 Å². The molecule has 1 aliphatic rings. The summed E-state index contributed by atoms with van der Waals surface area (Å²) in [6, 6.07) is 17.5. The van der Waals surface area contributed by atoms with Crippen molar-refractivity contribution in [2.45, 2.75) is 13.1 Å². The van der Waals surface area contributed by atoms with Crippen molar-refractivity contribution in [1.82, 2.24) is 4.98 Å². The molecule has 1 N–H and O–H groups in total. The van der Waals surface area contributed by atoms with E-state index in [9.17, 15) is 9.18 Å². The Morgan fingerprint density at radius 2 is 1.88 bits per heavy atom. The SMILES string of the molecule is Cc1cc(F)ccc1N[C@@H]1c2ncccc2C(=O)N1c1ccccc1. The minimum atomic E-state index is -0.449. The first-order valence-corrected chi connectivity index (χ1v) is 8.01. The predicted molar refractivity (Wildman–Crippen MR) is 95.0 cm³/mol. The first-order chi connectivity index (χ1) is 12.1. The molecular weight excluding hydrogens is 317 g/mol. The van der Waals surface area contributed by atoms with Crippen molar-refractivity contribution in [2.75, 3.05) is 10.2 Å². The van der Waals surface area contributed by atoms with Gasteiger partial charge in [0.15, 0.2) is 6.17 Å². The molecule has 2 heterocycles. The lowest BCUT2D eigenvalue weighted by Crippen LogP contribution is -2.32. The summed E-state index contributed by atoms with van der Waals surface area (Å²) in [5.74, 6) is -0.393. The summed E-state index contributed by atoms with van der Waals surface area (Å²) in [5, 5.41) is 3.35. The van der Waals surface area contributed by atoms with Gasteiger partial charge in [-0.05, 0) is 55.0 Å². The van der Waals surface area contributed by atoms with Crippen LogP contribution in [-0.4, -0.2) is 10.9 Å². The maximum atomic E-state index is 13.4. The van der Waals surface area contributed by atoms with Crippen molar-refractivity contribution in [3.63, 3.8) is 0 Å². The number of hydrogen-bond donors (Lipinski definition) is 1. The van der Waals surface area contributed by atoms with Gasteiger partial charge in [-0.25, -0.2) is 4.39 Å². The van der Waals surface area contributed by atoms with Gasteiger partial charge in [0.2, 0.25) is 0 Å². The van der Waals surface area contributed by atoms with Crippen LogP contribution >= 0.6 is 0 Å². The van der Waals surface area contributed by atoms with Crippen LogP contribution in [0.3, 0.4) is 0 Å². The number of amides is 1. The van der Waals surface area contributed by atoms with Crippen LogP contribution in [0.5, 0.6) is 0 Å². The molecule has 0 unspecified atom stereocenters. The Morgan fingerprint density at radius 3 is 2.64 bits per heavy atom. The molecular formula is C20H16FN3O. The third-order valence-corrected chi connectivity index (χ3v) is 4.32.